The fourth-order valence-corrected chi connectivity index (χ4v) is 1.83. The molecule has 0 spiro atoms. The van der Waals surface area contributed by atoms with Gasteiger partial charge in [0.1, 0.15) is 0 Å². The minimum Gasteiger partial charge on any atom is -0.385 e. The molecule has 0 aliphatic heterocycles. The lowest BCUT2D eigenvalue weighted by atomic mass is 10.3. The van der Waals surface area contributed by atoms with Crippen LogP contribution in [0.4, 0.5) is 0 Å². The van der Waals surface area contributed by atoms with Crippen molar-refractivity contribution in [2.45, 2.75) is 33.2 Å². The molecule has 4 nitrogen and oxygen atoms in total. The summed E-state index contributed by atoms with van der Waals surface area (Å²) in [6.07, 6.45) is 1.06. The molecule has 1 N–H and O–H groups in total. The van der Waals surface area contributed by atoms with Crippen LogP contribution in [0.15, 0.2) is 6.07 Å². The molecule has 1 rings (SSSR count). The van der Waals surface area contributed by atoms with Gasteiger partial charge in [-0.15, -0.1) is 0 Å². The molecule has 0 aromatic carbocycles. The molecule has 1 atom stereocenters. The van der Waals surface area contributed by atoms with Crippen molar-refractivity contribution in [3.8, 4) is 0 Å². The molecule has 1 aromatic heterocycles. The smallest absolute Gasteiger partial charge is 0.0618 e. The van der Waals surface area contributed by atoms with Gasteiger partial charge in [0.15, 0.2) is 0 Å². The molecule has 1 heterocycles. The fourth-order valence-electron chi connectivity index (χ4n) is 1.83. The van der Waals surface area contributed by atoms with E-state index >= 15 is 0 Å². The molecule has 1 aromatic rings. The van der Waals surface area contributed by atoms with E-state index in [1.165, 1.54) is 5.69 Å². The van der Waals surface area contributed by atoms with Crippen LogP contribution in [-0.4, -0.2) is 36.6 Å². The van der Waals surface area contributed by atoms with Gasteiger partial charge in [0.2, 0.25) is 0 Å². The van der Waals surface area contributed by atoms with Gasteiger partial charge in [0.25, 0.3) is 0 Å². The zero-order valence-corrected chi connectivity index (χ0v) is 10.8. The maximum atomic E-state index is 5.00. The molecule has 0 aliphatic rings. The number of rotatable bonds is 7. The maximum absolute atomic E-state index is 5.00. The van der Waals surface area contributed by atoms with E-state index in [-0.39, 0.29) is 0 Å². The van der Waals surface area contributed by atoms with Crippen molar-refractivity contribution in [3.05, 3.63) is 17.5 Å². The number of methoxy groups -OCH3 is 1. The molecular weight excluding hydrogens is 202 g/mol. The standard InChI is InChI=1S/C12H23N3O/c1-10-8-11(2)15(14-10)12(3)9-13-6-5-7-16-4/h8,12-13H,5-7,9H2,1-4H3. The molecule has 16 heavy (non-hydrogen) atoms. The summed E-state index contributed by atoms with van der Waals surface area (Å²) < 4.78 is 7.08. The Kier molecular flexibility index (Phi) is 5.49. The summed E-state index contributed by atoms with van der Waals surface area (Å²) in [6, 6.07) is 2.51. The summed E-state index contributed by atoms with van der Waals surface area (Å²) in [5.74, 6) is 0. The number of aryl methyl sites for hydroxylation is 2. The van der Waals surface area contributed by atoms with Gasteiger partial charge in [0, 0.05) is 26.0 Å². The summed E-state index contributed by atoms with van der Waals surface area (Å²) in [4.78, 5) is 0. The average Bonchev–Trinajstić information content (AvgIpc) is 2.57. The third-order valence-corrected chi connectivity index (χ3v) is 2.60. The van der Waals surface area contributed by atoms with E-state index in [0.717, 1.165) is 31.8 Å². The zero-order chi connectivity index (χ0) is 12.0. The van der Waals surface area contributed by atoms with Crippen LogP contribution in [-0.2, 0) is 4.74 Å². The van der Waals surface area contributed by atoms with E-state index in [0.29, 0.717) is 6.04 Å². The predicted molar refractivity (Wildman–Crippen MR) is 65.8 cm³/mol. The molecule has 1 unspecified atom stereocenters. The normalized spacial score (nSPS) is 13.0. The SMILES string of the molecule is COCCCNCC(C)n1nc(C)cc1C. The Morgan fingerprint density at radius 3 is 2.81 bits per heavy atom. The van der Waals surface area contributed by atoms with Gasteiger partial charge in [-0.2, -0.15) is 5.10 Å². The van der Waals surface area contributed by atoms with Gasteiger partial charge in [-0.05, 0) is 39.8 Å². The second-order valence-corrected chi connectivity index (χ2v) is 4.27. The molecule has 0 fully saturated rings. The van der Waals surface area contributed by atoms with Crippen LogP contribution >= 0.6 is 0 Å². The number of aromatic nitrogens is 2. The Morgan fingerprint density at radius 1 is 1.50 bits per heavy atom. The highest BCUT2D eigenvalue weighted by Gasteiger charge is 2.08. The highest BCUT2D eigenvalue weighted by molar-refractivity contribution is 5.07. The van der Waals surface area contributed by atoms with Crippen molar-refractivity contribution in [2.75, 3.05) is 26.8 Å². The summed E-state index contributed by atoms with van der Waals surface area (Å²) in [5, 5.41) is 7.89. The summed E-state index contributed by atoms with van der Waals surface area (Å²) in [6.45, 7) is 9.08. The quantitative estimate of drug-likeness (QED) is 0.718. The molecule has 0 saturated carbocycles. The first kappa shape index (κ1) is 13.2. The van der Waals surface area contributed by atoms with E-state index < -0.39 is 0 Å². The first-order valence-corrected chi connectivity index (χ1v) is 5.87. The third kappa shape index (κ3) is 3.94. The highest BCUT2D eigenvalue weighted by atomic mass is 16.5. The van der Waals surface area contributed by atoms with E-state index in [1.807, 2.05) is 6.92 Å². The van der Waals surface area contributed by atoms with Gasteiger partial charge in [-0.3, -0.25) is 4.68 Å². The van der Waals surface area contributed by atoms with Gasteiger partial charge in [-0.1, -0.05) is 0 Å². The summed E-state index contributed by atoms with van der Waals surface area (Å²) in [5.41, 5.74) is 2.31. The Hall–Kier alpha value is -0.870. The first-order valence-electron chi connectivity index (χ1n) is 5.87. The van der Waals surface area contributed by atoms with Gasteiger partial charge in [0.05, 0.1) is 11.7 Å². The number of hydrogen-bond acceptors (Lipinski definition) is 3. The van der Waals surface area contributed by atoms with E-state index in [4.69, 9.17) is 4.74 Å². The Morgan fingerprint density at radius 2 is 2.25 bits per heavy atom. The number of hydrogen-bond donors (Lipinski definition) is 1. The third-order valence-electron chi connectivity index (χ3n) is 2.60. The lowest BCUT2D eigenvalue weighted by Crippen LogP contribution is -2.26. The van der Waals surface area contributed by atoms with Crippen molar-refractivity contribution in [3.63, 3.8) is 0 Å². The second kappa shape index (κ2) is 6.66. The largest absolute Gasteiger partial charge is 0.385 e. The summed E-state index contributed by atoms with van der Waals surface area (Å²) in [7, 11) is 1.73. The summed E-state index contributed by atoms with van der Waals surface area (Å²) >= 11 is 0. The van der Waals surface area contributed by atoms with Gasteiger partial charge in [-0.25, -0.2) is 0 Å². The van der Waals surface area contributed by atoms with Crippen LogP contribution < -0.4 is 5.32 Å². The number of ether oxygens (including phenoxy) is 1. The molecule has 92 valence electrons. The zero-order valence-electron chi connectivity index (χ0n) is 10.8. The maximum Gasteiger partial charge on any atom is 0.0618 e. The monoisotopic (exact) mass is 225 g/mol. The van der Waals surface area contributed by atoms with Crippen LogP contribution in [0.25, 0.3) is 0 Å². The first-order chi connectivity index (χ1) is 7.65. The Balaban J connectivity index is 2.29. The molecule has 0 radical (unpaired) electrons. The second-order valence-electron chi connectivity index (χ2n) is 4.27. The number of nitrogens with zero attached hydrogens (tertiary/aromatic N) is 2. The van der Waals surface area contributed by atoms with Crippen molar-refractivity contribution in [1.82, 2.24) is 15.1 Å². The van der Waals surface area contributed by atoms with Crippen molar-refractivity contribution >= 4 is 0 Å². The van der Waals surface area contributed by atoms with Gasteiger partial charge < -0.3 is 10.1 Å². The number of nitrogens with one attached hydrogen (secondary N) is 1. The lowest BCUT2D eigenvalue weighted by molar-refractivity contribution is 0.194. The fraction of sp³-hybridized carbons (Fsp3) is 0.750. The van der Waals surface area contributed by atoms with Crippen LogP contribution in [0, 0.1) is 13.8 Å². The molecule has 0 amide bonds. The minimum absolute atomic E-state index is 0.399. The average molecular weight is 225 g/mol. The van der Waals surface area contributed by atoms with Crippen LogP contribution in [0.2, 0.25) is 0 Å². The van der Waals surface area contributed by atoms with Crippen LogP contribution in [0.5, 0.6) is 0 Å². The van der Waals surface area contributed by atoms with E-state index in [2.05, 4.69) is 35.0 Å². The molecule has 0 bridgehead atoms. The van der Waals surface area contributed by atoms with Crippen molar-refractivity contribution < 1.29 is 4.74 Å². The topological polar surface area (TPSA) is 39.1 Å². The Labute approximate surface area is 98.0 Å². The molecule has 0 saturated heterocycles. The van der Waals surface area contributed by atoms with Crippen molar-refractivity contribution in [1.29, 1.82) is 0 Å². The highest BCUT2D eigenvalue weighted by Crippen LogP contribution is 2.09. The Bertz CT molecular complexity index is 309. The molecular formula is C12H23N3O. The van der Waals surface area contributed by atoms with E-state index in [9.17, 15) is 0 Å². The van der Waals surface area contributed by atoms with Gasteiger partial charge >= 0.3 is 0 Å². The van der Waals surface area contributed by atoms with Crippen LogP contribution in [0.3, 0.4) is 0 Å². The van der Waals surface area contributed by atoms with E-state index in [1.54, 1.807) is 7.11 Å². The molecule has 0 aliphatic carbocycles. The minimum atomic E-state index is 0.399. The lowest BCUT2D eigenvalue weighted by Gasteiger charge is -2.15. The predicted octanol–water partition coefficient (Wildman–Crippen LogP) is 1.69. The van der Waals surface area contributed by atoms with Crippen molar-refractivity contribution in [2.24, 2.45) is 0 Å². The van der Waals surface area contributed by atoms with Crippen LogP contribution in [0.1, 0.15) is 30.8 Å². The molecule has 4 heteroatoms.